The first kappa shape index (κ1) is 19.2. The third kappa shape index (κ3) is 5.01. The molecule has 0 saturated carbocycles. The Labute approximate surface area is 166 Å². The fourth-order valence-electron chi connectivity index (χ4n) is 2.89. The molecular weight excluding hydrogens is 412 g/mol. The molecule has 2 aromatic carbocycles. The first-order valence-electron chi connectivity index (χ1n) is 8.66. The van der Waals surface area contributed by atoms with Crippen molar-refractivity contribution in [1.29, 1.82) is 0 Å². The first-order chi connectivity index (χ1) is 13.1. The van der Waals surface area contributed by atoms with E-state index in [-0.39, 0.29) is 12.5 Å². The summed E-state index contributed by atoms with van der Waals surface area (Å²) >= 11 is 3.31. The molecule has 1 saturated heterocycles. The number of amides is 1. The smallest absolute Gasteiger partial charge is 0.338 e. The van der Waals surface area contributed by atoms with Crippen LogP contribution in [0.3, 0.4) is 0 Å². The summed E-state index contributed by atoms with van der Waals surface area (Å²) < 4.78 is 11.2. The van der Waals surface area contributed by atoms with Crippen LogP contribution in [0.5, 0.6) is 5.75 Å². The van der Waals surface area contributed by atoms with Crippen molar-refractivity contribution in [2.24, 2.45) is 0 Å². The van der Waals surface area contributed by atoms with E-state index >= 15 is 0 Å². The SMILES string of the molecule is COc1ccc(N2CCN(C(=O)COC(=O)c3ccc(Br)cc3)CC2)cc1. The molecule has 0 atom stereocenters. The first-order valence-corrected chi connectivity index (χ1v) is 9.45. The Hall–Kier alpha value is -2.54. The molecule has 6 nitrogen and oxygen atoms in total. The van der Waals surface area contributed by atoms with Crippen molar-refractivity contribution in [3.8, 4) is 5.75 Å². The highest BCUT2D eigenvalue weighted by Crippen LogP contribution is 2.20. The van der Waals surface area contributed by atoms with Gasteiger partial charge < -0.3 is 19.3 Å². The third-order valence-corrected chi connectivity index (χ3v) is 5.01. The Morgan fingerprint density at radius 1 is 0.963 bits per heavy atom. The van der Waals surface area contributed by atoms with Crippen molar-refractivity contribution in [2.45, 2.75) is 0 Å². The number of benzene rings is 2. The van der Waals surface area contributed by atoms with Gasteiger partial charge in [0.2, 0.25) is 0 Å². The predicted molar refractivity (Wildman–Crippen MR) is 106 cm³/mol. The normalized spacial score (nSPS) is 14.0. The number of piperazine rings is 1. The molecular formula is C20H21BrN2O4. The van der Waals surface area contributed by atoms with Crippen LogP contribution >= 0.6 is 15.9 Å². The summed E-state index contributed by atoms with van der Waals surface area (Å²) in [6, 6.07) is 14.7. The molecule has 1 aliphatic heterocycles. The van der Waals surface area contributed by atoms with Gasteiger partial charge in [-0.2, -0.15) is 0 Å². The summed E-state index contributed by atoms with van der Waals surface area (Å²) in [6.07, 6.45) is 0. The third-order valence-electron chi connectivity index (χ3n) is 4.48. The van der Waals surface area contributed by atoms with Gasteiger partial charge in [0.1, 0.15) is 5.75 Å². The average molecular weight is 433 g/mol. The molecule has 0 unspecified atom stereocenters. The van der Waals surface area contributed by atoms with Crippen LogP contribution in [0.15, 0.2) is 53.0 Å². The highest BCUT2D eigenvalue weighted by atomic mass is 79.9. The van der Waals surface area contributed by atoms with Gasteiger partial charge in [-0.3, -0.25) is 4.79 Å². The van der Waals surface area contributed by atoms with E-state index in [9.17, 15) is 9.59 Å². The van der Waals surface area contributed by atoms with E-state index in [4.69, 9.17) is 9.47 Å². The van der Waals surface area contributed by atoms with Crippen LogP contribution < -0.4 is 9.64 Å². The maximum absolute atomic E-state index is 12.3. The van der Waals surface area contributed by atoms with Crippen molar-refractivity contribution in [3.05, 3.63) is 58.6 Å². The molecule has 0 aromatic heterocycles. The molecule has 142 valence electrons. The van der Waals surface area contributed by atoms with Gasteiger partial charge in [-0.25, -0.2) is 4.79 Å². The number of hydrogen-bond donors (Lipinski definition) is 0. The number of ether oxygens (including phenoxy) is 2. The Kier molecular flexibility index (Phi) is 6.34. The fraction of sp³-hybridized carbons (Fsp3) is 0.300. The van der Waals surface area contributed by atoms with Crippen molar-refractivity contribution in [1.82, 2.24) is 4.90 Å². The topological polar surface area (TPSA) is 59.1 Å². The Bertz CT molecular complexity index is 785. The highest BCUT2D eigenvalue weighted by molar-refractivity contribution is 9.10. The number of methoxy groups -OCH3 is 1. The van der Waals surface area contributed by atoms with E-state index in [1.807, 2.05) is 24.3 Å². The minimum absolute atomic E-state index is 0.171. The summed E-state index contributed by atoms with van der Waals surface area (Å²) in [7, 11) is 1.64. The lowest BCUT2D eigenvalue weighted by molar-refractivity contribution is -0.134. The second-order valence-electron chi connectivity index (χ2n) is 6.15. The van der Waals surface area contributed by atoms with Crippen LogP contribution in [0.4, 0.5) is 5.69 Å². The van der Waals surface area contributed by atoms with Gasteiger partial charge in [0, 0.05) is 36.3 Å². The molecule has 27 heavy (non-hydrogen) atoms. The second kappa shape index (κ2) is 8.90. The fourth-order valence-corrected chi connectivity index (χ4v) is 3.16. The van der Waals surface area contributed by atoms with Crippen LogP contribution in [0, 0.1) is 0 Å². The van der Waals surface area contributed by atoms with Gasteiger partial charge in [0.25, 0.3) is 5.91 Å². The average Bonchev–Trinajstić information content (AvgIpc) is 2.72. The van der Waals surface area contributed by atoms with Crippen molar-refractivity contribution < 1.29 is 19.1 Å². The molecule has 1 heterocycles. The standard InChI is InChI=1S/C20H21BrN2O4/c1-26-18-8-6-17(7-9-18)22-10-12-23(13-11-22)19(24)14-27-20(25)15-2-4-16(21)5-3-15/h2-9H,10-14H2,1H3. The van der Waals surface area contributed by atoms with Crippen LogP contribution in [-0.4, -0.2) is 56.7 Å². The minimum atomic E-state index is -0.493. The van der Waals surface area contributed by atoms with E-state index < -0.39 is 5.97 Å². The molecule has 3 rings (SSSR count). The van der Waals surface area contributed by atoms with Crippen LogP contribution in [0.25, 0.3) is 0 Å². The molecule has 0 bridgehead atoms. The number of hydrogen-bond acceptors (Lipinski definition) is 5. The van der Waals surface area contributed by atoms with E-state index in [1.54, 1.807) is 36.3 Å². The highest BCUT2D eigenvalue weighted by Gasteiger charge is 2.22. The zero-order valence-corrected chi connectivity index (χ0v) is 16.6. The summed E-state index contributed by atoms with van der Waals surface area (Å²) in [4.78, 5) is 28.3. The lowest BCUT2D eigenvalue weighted by Crippen LogP contribution is -2.49. The molecule has 2 aromatic rings. The molecule has 1 aliphatic rings. The maximum Gasteiger partial charge on any atom is 0.338 e. The Balaban J connectivity index is 1.46. The van der Waals surface area contributed by atoms with Gasteiger partial charge in [0.15, 0.2) is 6.61 Å². The van der Waals surface area contributed by atoms with Crippen LogP contribution in [0.2, 0.25) is 0 Å². The van der Waals surface area contributed by atoms with Crippen molar-refractivity contribution in [3.63, 3.8) is 0 Å². The zero-order valence-electron chi connectivity index (χ0n) is 15.1. The van der Waals surface area contributed by atoms with Gasteiger partial charge in [-0.1, -0.05) is 15.9 Å². The molecule has 1 fully saturated rings. The molecule has 0 radical (unpaired) electrons. The second-order valence-corrected chi connectivity index (χ2v) is 7.06. The number of anilines is 1. The van der Waals surface area contributed by atoms with Crippen molar-refractivity contribution >= 4 is 33.5 Å². The Morgan fingerprint density at radius 3 is 2.19 bits per heavy atom. The van der Waals surface area contributed by atoms with Gasteiger partial charge >= 0.3 is 5.97 Å². The van der Waals surface area contributed by atoms with Gasteiger partial charge in [-0.05, 0) is 48.5 Å². The lowest BCUT2D eigenvalue weighted by Gasteiger charge is -2.36. The summed E-state index contributed by atoms with van der Waals surface area (Å²) in [5, 5.41) is 0. The largest absolute Gasteiger partial charge is 0.497 e. The molecule has 0 aliphatic carbocycles. The summed E-state index contributed by atoms with van der Waals surface area (Å²) in [5.74, 6) is 0.155. The molecule has 7 heteroatoms. The number of nitrogens with zero attached hydrogens (tertiary/aromatic N) is 2. The monoisotopic (exact) mass is 432 g/mol. The zero-order chi connectivity index (χ0) is 19.2. The molecule has 0 spiro atoms. The number of esters is 1. The van der Waals surface area contributed by atoms with E-state index in [0.29, 0.717) is 18.7 Å². The quantitative estimate of drug-likeness (QED) is 0.679. The Morgan fingerprint density at radius 2 is 1.59 bits per heavy atom. The molecule has 0 N–H and O–H groups in total. The van der Waals surface area contributed by atoms with Gasteiger partial charge in [-0.15, -0.1) is 0 Å². The lowest BCUT2D eigenvalue weighted by atomic mass is 10.2. The molecule has 1 amide bonds. The summed E-state index contributed by atoms with van der Waals surface area (Å²) in [6.45, 7) is 2.43. The number of halogens is 1. The predicted octanol–water partition coefficient (Wildman–Crippen LogP) is 2.96. The summed E-state index contributed by atoms with van der Waals surface area (Å²) in [5.41, 5.74) is 1.53. The number of carbonyl (C=O) groups is 2. The van der Waals surface area contributed by atoms with Crippen LogP contribution in [-0.2, 0) is 9.53 Å². The van der Waals surface area contributed by atoms with E-state index in [1.165, 1.54) is 0 Å². The van der Waals surface area contributed by atoms with Crippen molar-refractivity contribution in [2.75, 3.05) is 44.8 Å². The van der Waals surface area contributed by atoms with E-state index in [0.717, 1.165) is 29.0 Å². The maximum atomic E-state index is 12.3. The van der Waals surface area contributed by atoms with E-state index in [2.05, 4.69) is 20.8 Å². The number of rotatable bonds is 5. The minimum Gasteiger partial charge on any atom is -0.497 e. The number of carbonyl (C=O) groups excluding carboxylic acids is 2. The van der Waals surface area contributed by atoms with Crippen LogP contribution in [0.1, 0.15) is 10.4 Å². The van der Waals surface area contributed by atoms with Gasteiger partial charge in [0.05, 0.1) is 12.7 Å².